The molecule has 0 radical (unpaired) electrons. The van der Waals surface area contributed by atoms with Crippen LogP contribution in [0.25, 0.3) is 0 Å². The van der Waals surface area contributed by atoms with Crippen molar-refractivity contribution in [3.05, 3.63) is 17.3 Å². The fraction of sp³-hybridized carbons (Fsp3) is 0.636. The molecular formula is C11H18N4. The molecule has 4 heteroatoms. The maximum absolute atomic E-state index is 4.32. The molecule has 1 N–H and O–H groups in total. The summed E-state index contributed by atoms with van der Waals surface area (Å²) in [5, 5.41) is 11.9. The van der Waals surface area contributed by atoms with Crippen molar-refractivity contribution in [2.24, 2.45) is 0 Å². The van der Waals surface area contributed by atoms with Crippen molar-refractivity contribution >= 4 is 5.82 Å². The Labute approximate surface area is 90.7 Å². The first-order valence-corrected chi connectivity index (χ1v) is 5.60. The van der Waals surface area contributed by atoms with Crippen LogP contribution in [0.2, 0.25) is 0 Å². The highest BCUT2D eigenvalue weighted by Crippen LogP contribution is 2.16. The summed E-state index contributed by atoms with van der Waals surface area (Å²) in [6, 6.07) is 2.14. The minimum atomic E-state index is 0.954. The van der Waals surface area contributed by atoms with Gasteiger partial charge in [-0.3, -0.25) is 0 Å². The first kappa shape index (κ1) is 10.4. The van der Waals surface area contributed by atoms with Crippen LogP contribution in [-0.2, 0) is 6.42 Å². The topological polar surface area (TPSA) is 41.0 Å². The van der Waals surface area contributed by atoms with E-state index in [0.29, 0.717) is 0 Å². The monoisotopic (exact) mass is 206 g/mol. The molecular weight excluding hydrogens is 188 g/mol. The summed E-state index contributed by atoms with van der Waals surface area (Å²) in [5.74, 6) is 1.05. The molecule has 1 aromatic heterocycles. The number of nitrogens with one attached hydrogen (secondary N) is 1. The Kier molecular flexibility index (Phi) is 3.16. The minimum Gasteiger partial charge on any atom is -0.352 e. The SMILES string of the molecule is CCc1cc(C)c(N2CCNCC2)nn1. The van der Waals surface area contributed by atoms with Crippen molar-refractivity contribution in [2.45, 2.75) is 20.3 Å². The van der Waals surface area contributed by atoms with Crippen LogP contribution >= 0.6 is 0 Å². The minimum absolute atomic E-state index is 0.954. The van der Waals surface area contributed by atoms with Crippen LogP contribution in [-0.4, -0.2) is 36.4 Å². The summed E-state index contributed by atoms with van der Waals surface area (Å²) in [5.41, 5.74) is 2.31. The van der Waals surface area contributed by atoms with E-state index in [1.165, 1.54) is 5.56 Å². The summed E-state index contributed by atoms with van der Waals surface area (Å²) in [7, 11) is 0. The van der Waals surface area contributed by atoms with E-state index in [4.69, 9.17) is 0 Å². The fourth-order valence-electron chi connectivity index (χ4n) is 1.90. The molecule has 0 aromatic carbocycles. The van der Waals surface area contributed by atoms with Crippen LogP contribution in [0.4, 0.5) is 5.82 Å². The van der Waals surface area contributed by atoms with Crippen LogP contribution in [0, 0.1) is 6.92 Å². The number of piperazine rings is 1. The lowest BCUT2D eigenvalue weighted by Gasteiger charge is -2.29. The van der Waals surface area contributed by atoms with Crippen molar-refractivity contribution in [1.29, 1.82) is 0 Å². The maximum atomic E-state index is 4.32. The Balaban J connectivity index is 2.19. The maximum Gasteiger partial charge on any atom is 0.154 e. The molecule has 1 fully saturated rings. The van der Waals surface area contributed by atoms with Gasteiger partial charge in [0, 0.05) is 26.2 Å². The van der Waals surface area contributed by atoms with E-state index in [9.17, 15) is 0 Å². The van der Waals surface area contributed by atoms with Gasteiger partial charge in [-0.05, 0) is 25.0 Å². The quantitative estimate of drug-likeness (QED) is 0.775. The molecule has 1 saturated heterocycles. The average Bonchev–Trinajstić information content (AvgIpc) is 2.30. The molecule has 4 nitrogen and oxygen atoms in total. The fourth-order valence-corrected chi connectivity index (χ4v) is 1.90. The van der Waals surface area contributed by atoms with Crippen molar-refractivity contribution in [3.8, 4) is 0 Å². The third-order valence-electron chi connectivity index (χ3n) is 2.79. The highest BCUT2D eigenvalue weighted by Gasteiger charge is 2.14. The molecule has 2 heterocycles. The largest absolute Gasteiger partial charge is 0.352 e. The van der Waals surface area contributed by atoms with Gasteiger partial charge in [-0.1, -0.05) is 6.92 Å². The van der Waals surface area contributed by atoms with E-state index < -0.39 is 0 Å². The second-order valence-electron chi connectivity index (χ2n) is 3.93. The Morgan fingerprint density at radius 3 is 2.67 bits per heavy atom. The van der Waals surface area contributed by atoms with Crippen LogP contribution < -0.4 is 10.2 Å². The molecule has 0 unspecified atom stereocenters. The Hall–Kier alpha value is -1.16. The second-order valence-corrected chi connectivity index (χ2v) is 3.93. The van der Waals surface area contributed by atoms with Crippen LogP contribution in [0.15, 0.2) is 6.07 Å². The number of aromatic nitrogens is 2. The third kappa shape index (κ3) is 2.26. The Bertz CT molecular complexity index is 331. The number of aryl methyl sites for hydroxylation is 2. The van der Waals surface area contributed by atoms with Gasteiger partial charge in [0.2, 0.25) is 0 Å². The molecule has 0 aliphatic carbocycles. The van der Waals surface area contributed by atoms with E-state index >= 15 is 0 Å². The molecule has 2 rings (SSSR count). The number of nitrogens with zero attached hydrogens (tertiary/aromatic N) is 3. The Morgan fingerprint density at radius 2 is 2.07 bits per heavy atom. The van der Waals surface area contributed by atoms with E-state index in [1.807, 2.05) is 0 Å². The van der Waals surface area contributed by atoms with Gasteiger partial charge in [-0.15, -0.1) is 5.10 Å². The van der Waals surface area contributed by atoms with Gasteiger partial charge in [-0.2, -0.15) is 5.10 Å². The van der Waals surface area contributed by atoms with Crippen LogP contribution in [0.1, 0.15) is 18.2 Å². The van der Waals surface area contributed by atoms with Crippen molar-refractivity contribution in [3.63, 3.8) is 0 Å². The van der Waals surface area contributed by atoms with Gasteiger partial charge >= 0.3 is 0 Å². The first-order chi connectivity index (χ1) is 7.31. The predicted molar refractivity (Wildman–Crippen MR) is 61.2 cm³/mol. The highest BCUT2D eigenvalue weighted by atomic mass is 15.3. The van der Waals surface area contributed by atoms with Gasteiger partial charge in [0.1, 0.15) is 0 Å². The first-order valence-electron chi connectivity index (χ1n) is 5.60. The summed E-state index contributed by atoms with van der Waals surface area (Å²) in [4.78, 5) is 2.30. The third-order valence-corrected chi connectivity index (χ3v) is 2.79. The normalized spacial score (nSPS) is 16.8. The Morgan fingerprint density at radius 1 is 1.33 bits per heavy atom. The molecule has 0 amide bonds. The molecule has 1 aliphatic rings. The average molecular weight is 206 g/mol. The lowest BCUT2D eigenvalue weighted by atomic mass is 10.2. The van der Waals surface area contributed by atoms with Crippen molar-refractivity contribution in [1.82, 2.24) is 15.5 Å². The van der Waals surface area contributed by atoms with E-state index in [1.54, 1.807) is 0 Å². The van der Waals surface area contributed by atoms with Gasteiger partial charge in [0.05, 0.1) is 5.69 Å². The van der Waals surface area contributed by atoms with Gasteiger partial charge in [-0.25, -0.2) is 0 Å². The standard InChI is InChI=1S/C11H18N4/c1-3-10-8-9(2)11(14-13-10)15-6-4-12-5-7-15/h8,12H,3-7H2,1-2H3. The summed E-state index contributed by atoms with van der Waals surface area (Å²) in [6.07, 6.45) is 0.954. The number of anilines is 1. The van der Waals surface area contributed by atoms with Gasteiger partial charge in [0.15, 0.2) is 5.82 Å². The number of hydrogen-bond acceptors (Lipinski definition) is 4. The van der Waals surface area contributed by atoms with Gasteiger partial charge in [0.25, 0.3) is 0 Å². The summed E-state index contributed by atoms with van der Waals surface area (Å²) < 4.78 is 0. The zero-order chi connectivity index (χ0) is 10.7. The summed E-state index contributed by atoms with van der Waals surface area (Å²) >= 11 is 0. The lowest BCUT2D eigenvalue weighted by molar-refractivity contribution is 0.581. The van der Waals surface area contributed by atoms with E-state index in [0.717, 1.165) is 44.1 Å². The molecule has 0 spiro atoms. The van der Waals surface area contributed by atoms with E-state index in [-0.39, 0.29) is 0 Å². The second kappa shape index (κ2) is 4.57. The molecule has 1 aromatic rings. The smallest absolute Gasteiger partial charge is 0.154 e. The number of rotatable bonds is 2. The van der Waals surface area contributed by atoms with Crippen molar-refractivity contribution < 1.29 is 0 Å². The van der Waals surface area contributed by atoms with Crippen molar-refractivity contribution in [2.75, 3.05) is 31.1 Å². The molecule has 82 valence electrons. The van der Waals surface area contributed by atoms with Crippen LogP contribution in [0.5, 0.6) is 0 Å². The molecule has 15 heavy (non-hydrogen) atoms. The number of hydrogen-bond donors (Lipinski definition) is 1. The summed E-state index contributed by atoms with van der Waals surface area (Å²) in [6.45, 7) is 8.36. The molecule has 0 bridgehead atoms. The predicted octanol–water partition coefficient (Wildman–Crippen LogP) is 0.757. The zero-order valence-corrected chi connectivity index (χ0v) is 9.45. The highest BCUT2D eigenvalue weighted by molar-refractivity contribution is 5.46. The zero-order valence-electron chi connectivity index (χ0n) is 9.45. The lowest BCUT2D eigenvalue weighted by Crippen LogP contribution is -2.44. The molecule has 0 atom stereocenters. The van der Waals surface area contributed by atoms with Gasteiger partial charge < -0.3 is 10.2 Å². The van der Waals surface area contributed by atoms with Crippen LogP contribution in [0.3, 0.4) is 0 Å². The van der Waals surface area contributed by atoms with E-state index in [2.05, 4.69) is 40.3 Å². The molecule has 0 saturated carbocycles. The molecule has 1 aliphatic heterocycles.